The highest BCUT2D eigenvalue weighted by Gasteiger charge is 2.28. The normalized spacial score (nSPS) is 14.8. The third-order valence-corrected chi connectivity index (χ3v) is 5.50. The maximum Gasteiger partial charge on any atom is 0.289 e. The van der Waals surface area contributed by atoms with E-state index in [1.165, 1.54) is 30.0 Å². The van der Waals surface area contributed by atoms with E-state index in [4.69, 9.17) is 5.11 Å². The van der Waals surface area contributed by atoms with Crippen LogP contribution in [0.4, 0.5) is 5.69 Å². The van der Waals surface area contributed by atoms with Crippen molar-refractivity contribution >= 4 is 27.5 Å². The molecule has 0 radical (unpaired) electrons. The van der Waals surface area contributed by atoms with Gasteiger partial charge in [0.25, 0.3) is 5.69 Å². The van der Waals surface area contributed by atoms with Crippen molar-refractivity contribution in [2.75, 3.05) is 12.9 Å². The summed E-state index contributed by atoms with van der Waals surface area (Å²) in [7, 11) is -4.02. The summed E-state index contributed by atoms with van der Waals surface area (Å²) in [4.78, 5) is 9.75. The molecule has 0 aromatic heterocycles. The molecule has 1 aromatic rings. The second-order valence-electron chi connectivity index (χ2n) is 4.09. The molecular formula is C11H16N2O5S2. The largest absolute Gasteiger partial charge is 0.395 e. The van der Waals surface area contributed by atoms with Gasteiger partial charge >= 0.3 is 0 Å². The number of aliphatic hydroxyl groups excluding tert-OH is 1. The number of nitro benzene ring substituents is 1. The average molecular weight is 320 g/mol. The average Bonchev–Trinajstić information content (AvgIpc) is 2.39. The van der Waals surface area contributed by atoms with E-state index in [0.717, 1.165) is 6.07 Å². The van der Waals surface area contributed by atoms with Crippen molar-refractivity contribution in [2.45, 2.75) is 23.1 Å². The molecule has 0 saturated carbocycles. The van der Waals surface area contributed by atoms with E-state index < -0.39 is 26.7 Å². The Morgan fingerprint density at radius 2 is 2.05 bits per heavy atom. The standard InChI is InChI=1S/C11H16N2O5S2/c1-8(10(7-14)19-2)12-20(17,18)11-6-4-3-5-9(11)13(15)16/h3-6,8,10,12,14H,7H2,1-2H3/t8-,10+/m1/s1. The Bertz CT molecular complexity index is 572. The smallest absolute Gasteiger partial charge is 0.289 e. The van der Waals surface area contributed by atoms with Crippen LogP contribution in [0.25, 0.3) is 0 Å². The van der Waals surface area contributed by atoms with Crippen LogP contribution in [0, 0.1) is 10.1 Å². The third kappa shape index (κ3) is 3.92. The van der Waals surface area contributed by atoms with Crippen LogP contribution < -0.4 is 4.72 Å². The maximum atomic E-state index is 12.2. The van der Waals surface area contributed by atoms with Gasteiger partial charge < -0.3 is 5.11 Å². The number of nitrogens with one attached hydrogen (secondary N) is 1. The zero-order valence-electron chi connectivity index (χ0n) is 11.0. The van der Waals surface area contributed by atoms with Crippen LogP contribution in [0.1, 0.15) is 6.92 Å². The van der Waals surface area contributed by atoms with Gasteiger partial charge in [-0.05, 0) is 19.2 Å². The summed E-state index contributed by atoms with van der Waals surface area (Å²) in [6.07, 6.45) is 1.75. The number of hydrogen-bond acceptors (Lipinski definition) is 6. The number of rotatable bonds is 7. The number of nitrogens with zero attached hydrogens (tertiary/aromatic N) is 1. The SMILES string of the molecule is CS[C@@H](CO)[C@@H](C)NS(=O)(=O)c1ccccc1[N+](=O)[O-]. The number of thioether (sulfide) groups is 1. The van der Waals surface area contributed by atoms with Gasteiger partial charge in [-0.2, -0.15) is 11.8 Å². The van der Waals surface area contributed by atoms with Gasteiger partial charge in [0, 0.05) is 17.4 Å². The second-order valence-corrected chi connectivity index (χ2v) is 6.85. The Morgan fingerprint density at radius 3 is 2.55 bits per heavy atom. The van der Waals surface area contributed by atoms with Crippen LogP contribution in [0.5, 0.6) is 0 Å². The molecule has 2 N–H and O–H groups in total. The minimum absolute atomic E-state index is 0.193. The molecule has 112 valence electrons. The van der Waals surface area contributed by atoms with Crippen LogP contribution in [-0.2, 0) is 10.0 Å². The quantitative estimate of drug-likeness (QED) is 0.572. The fraction of sp³-hybridized carbons (Fsp3) is 0.455. The summed E-state index contributed by atoms with van der Waals surface area (Å²) >= 11 is 1.31. The molecule has 7 nitrogen and oxygen atoms in total. The first kappa shape index (κ1) is 16.9. The number of hydrogen-bond donors (Lipinski definition) is 2. The van der Waals surface area contributed by atoms with Crippen LogP contribution in [0.2, 0.25) is 0 Å². The van der Waals surface area contributed by atoms with E-state index >= 15 is 0 Å². The number of aliphatic hydroxyl groups is 1. The molecule has 0 heterocycles. The van der Waals surface area contributed by atoms with Gasteiger partial charge in [0.05, 0.1) is 11.5 Å². The van der Waals surface area contributed by atoms with Gasteiger partial charge in [-0.15, -0.1) is 0 Å². The lowest BCUT2D eigenvalue weighted by Gasteiger charge is -2.21. The van der Waals surface area contributed by atoms with Crippen LogP contribution in [0.15, 0.2) is 29.2 Å². The minimum Gasteiger partial charge on any atom is -0.395 e. The van der Waals surface area contributed by atoms with E-state index in [-0.39, 0.29) is 16.8 Å². The molecule has 0 spiro atoms. The van der Waals surface area contributed by atoms with Gasteiger partial charge in [0.2, 0.25) is 10.0 Å². The van der Waals surface area contributed by atoms with Crippen LogP contribution in [-0.4, -0.2) is 42.6 Å². The van der Waals surface area contributed by atoms with Crippen molar-refractivity contribution in [3.05, 3.63) is 34.4 Å². The van der Waals surface area contributed by atoms with E-state index in [1.54, 1.807) is 13.2 Å². The van der Waals surface area contributed by atoms with Gasteiger partial charge in [0.15, 0.2) is 4.90 Å². The highest BCUT2D eigenvalue weighted by molar-refractivity contribution is 7.99. The summed E-state index contributed by atoms with van der Waals surface area (Å²) in [5.41, 5.74) is -0.475. The first-order valence-corrected chi connectivity index (χ1v) is 8.50. The van der Waals surface area contributed by atoms with Crippen LogP contribution in [0.3, 0.4) is 0 Å². The number of para-hydroxylation sites is 1. The Morgan fingerprint density at radius 1 is 1.45 bits per heavy atom. The lowest BCUT2D eigenvalue weighted by Crippen LogP contribution is -2.41. The van der Waals surface area contributed by atoms with Crippen molar-refractivity contribution in [2.24, 2.45) is 0 Å². The Kier molecular flexibility index (Phi) is 5.93. The van der Waals surface area contributed by atoms with Crippen molar-refractivity contribution in [1.29, 1.82) is 0 Å². The molecule has 20 heavy (non-hydrogen) atoms. The first-order valence-electron chi connectivity index (χ1n) is 5.73. The maximum absolute atomic E-state index is 12.2. The zero-order valence-corrected chi connectivity index (χ0v) is 12.6. The Labute approximate surface area is 121 Å². The van der Waals surface area contributed by atoms with Gasteiger partial charge in [-0.1, -0.05) is 12.1 Å². The fourth-order valence-corrected chi connectivity index (χ4v) is 3.82. The molecule has 2 atom stereocenters. The predicted molar refractivity (Wildman–Crippen MR) is 77.3 cm³/mol. The predicted octanol–water partition coefficient (Wildman–Crippen LogP) is 0.985. The molecular weight excluding hydrogens is 304 g/mol. The van der Waals surface area contributed by atoms with Crippen molar-refractivity contribution in [1.82, 2.24) is 4.72 Å². The van der Waals surface area contributed by atoms with E-state index in [2.05, 4.69) is 4.72 Å². The molecule has 0 aliphatic carbocycles. The Balaban J connectivity index is 3.09. The van der Waals surface area contributed by atoms with Crippen LogP contribution >= 0.6 is 11.8 Å². The third-order valence-electron chi connectivity index (χ3n) is 2.73. The molecule has 0 fully saturated rings. The summed E-state index contributed by atoms with van der Waals surface area (Å²) in [6.45, 7) is 1.41. The second kappa shape index (κ2) is 7.02. The van der Waals surface area contributed by atoms with Crippen molar-refractivity contribution < 1.29 is 18.4 Å². The summed E-state index contributed by atoms with van der Waals surface area (Å²) in [5.74, 6) is 0. The first-order chi connectivity index (χ1) is 9.33. The molecule has 0 saturated heterocycles. The molecule has 0 unspecified atom stereocenters. The Hall–Kier alpha value is -1.16. The monoisotopic (exact) mass is 320 g/mol. The summed E-state index contributed by atoms with van der Waals surface area (Å²) < 4.78 is 26.8. The number of sulfonamides is 1. The van der Waals surface area contributed by atoms with Crippen molar-refractivity contribution in [3.8, 4) is 0 Å². The van der Waals surface area contributed by atoms with Gasteiger partial charge in [0.1, 0.15) is 0 Å². The highest BCUT2D eigenvalue weighted by Crippen LogP contribution is 2.23. The number of benzene rings is 1. The summed E-state index contributed by atoms with van der Waals surface area (Å²) in [6, 6.07) is 4.58. The van der Waals surface area contributed by atoms with Crippen molar-refractivity contribution in [3.63, 3.8) is 0 Å². The molecule has 0 aliphatic heterocycles. The molecule has 9 heteroatoms. The van der Waals surface area contributed by atoms with E-state index in [1.807, 2.05) is 0 Å². The molecule has 0 amide bonds. The molecule has 0 bridgehead atoms. The molecule has 1 aromatic carbocycles. The molecule has 1 rings (SSSR count). The fourth-order valence-electron chi connectivity index (χ4n) is 1.66. The van der Waals surface area contributed by atoms with Gasteiger partial charge in [-0.25, -0.2) is 13.1 Å². The zero-order chi connectivity index (χ0) is 15.3. The van der Waals surface area contributed by atoms with E-state index in [0.29, 0.717) is 0 Å². The van der Waals surface area contributed by atoms with E-state index in [9.17, 15) is 18.5 Å². The molecule has 0 aliphatic rings. The topological polar surface area (TPSA) is 110 Å². The highest BCUT2D eigenvalue weighted by atomic mass is 32.2. The lowest BCUT2D eigenvalue weighted by molar-refractivity contribution is -0.387. The minimum atomic E-state index is -4.02. The summed E-state index contributed by atoms with van der Waals surface area (Å²) in [5, 5.41) is 19.7. The number of nitro groups is 1. The lowest BCUT2D eigenvalue weighted by atomic mass is 10.3. The van der Waals surface area contributed by atoms with Gasteiger partial charge in [-0.3, -0.25) is 10.1 Å².